The fourth-order valence-corrected chi connectivity index (χ4v) is 1.83. The number of rotatable bonds is 4. The quantitative estimate of drug-likeness (QED) is 0.746. The molecule has 1 heterocycles. The molecular formula is C13H12O7. The minimum Gasteiger partial charge on any atom is -0.507 e. The smallest absolute Gasteiger partial charge is 0.347 e. The lowest BCUT2D eigenvalue weighted by Gasteiger charge is -2.07. The van der Waals surface area contributed by atoms with Crippen LogP contribution in [-0.2, 0) is 11.2 Å². The molecule has 0 amide bonds. The van der Waals surface area contributed by atoms with Gasteiger partial charge in [0.15, 0.2) is 6.10 Å². The Morgan fingerprint density at radius 3 is 2.70 bits per heavy atom. The molecule has 0 saturated carbocycles. The van der Waals surface area contributed by atoms with Crippen molar-refractivity contribution in [1.29, 1.82) is 0 Å². The molecular weight excluding hydrogens is 268 g/mol. The molecule has 0 saturated heterocycles. The van der Waals surface area contributed by atoms with Crippen molar-refractivity contribution in [3.63, 3.8) is 0 Å². The predicted octanol–water partition coefficient (Wildman–Crippen LogP) is 0.495. The highest BCUT2D eigenvalue weighted by atomic mass is 16.5. The predicted molar refractivity (Wildman–Crippen MR) is 68.0 cm³/mol. The van der Waals surface area contributed by atoms with Crippen LogP contribution < -0.4 is 10.4 Å². The second-order valence-corrected chi connectivity index (χ2v) is 4.17. The summed E-state index contributed by atoms with van der Waals surface area (Å²) >= 11 is 0. The number of aliphatic hydroxyl groups is 1. The second-order valence-electron chi connectivity index (χ2n) is 4.17. The third kappa shape index (κ3) is 2.57. The molecule has 0 radical (unpaired) electrons. The molecule has 7 heteroatoms. The molecule has 0 aliphatic rings. The van der Waals surface area contributed by atoms with Crippen molar-refractivity contribution in [2.45, 2.75) is 12.5 Å². The van der Waals surface area contributed by atoms with Gasteiger partial charge in [0.1, 0.15) is 22.6 Å². The van der Waals surface area contributed by atoms with Gasteiger partial charge in [-0.2, -0.15) is 0 Å². The molecule has 20 heavy (non-hydrogen) atoms. The molecule has 0 aliphatic heterocycles. The molecule has 0 bridgehead atoms. The number of phenols is 1. The molecule has 2 aromatic rings. The number of ether oxygens (including phenoxy) is 1. The van der Waals surface area contributed by atoms with E-state index < -0.39 is 17.7 Å². The zero-order valence-electron chi connectivity index (χ0n) is 10.5. The number of hydrogen-bond donors (Lipinski definition) is 3. The second kappa shape index (κ2) is 5.22. The molecule has 0 aliphatic carbocycles. The average Bonchev–Trinajstić information content (AvgIpc) is 2.37. The summed E-state index contributed by atoms with van der Waals surface area (Å²) < 4.78 is 9.85. The largest absolute Gasteiger partial charge is 0.507 e. The van der Waals surface area contributed by atoms with Gasteiger partial charge in [0, 0.05) is 12.5 Å². The molecule has 1 atom stereocenters. The molecule has 3 N–H and O–H groups in total. The Morgan fingerprint density at radius 2 is 2.10 bits per heavy atom. The minimum absolute atomic E-state index is 0.00468. The van der Waals surface area contributed by atoms with Gasteiger partial charge in [-0.05, 0) is 17.5 Å². The van der Waals surface area contributed by atoms with Crippen LogP contribution in [0.25, 0.3) is 10.8 Å². The maximum Gasteiger partial charge on any atom is 0.347 e. The Balaban J connectivity index is 2.56. The molecule has 1 unspecified atom stereocenters. The number of aromatic hydroxyl groups is 1. The van der Waals surface area contributed by atoms with Gasteiger partial charge in [-0.3, -0.25) is 0 Å². The normalized spacial score (nSPS) is 12.3. The fourth-order valence-electron chi connectivity index (χ4n) is 1.83. The Bertz CT molecular complexity index is 716. The van der Waals surface area contributed by atoms with Crippen molar-refractivity contribution in [3.8, 4) is 11.5 Å². The van der Waals surface area contributed by atoms with Gasteiger partial charge >= 0.3 is 11.6 Å². The summed E-state index contributed by atoms with van der Waals surface area (Å²) in [7, 11) is 1.40. The van der Waals surface area contributed by atoms with E-state index in [-0.39, 0.29) is 23.3 Å². The number of carboxylic acid groups (broad SMARTS) is 1. The van der Waals surface area contributed by atoms with E-state index in [2.05, 4.69) is 0 Å². The maximum atomic E-state index is 11.8. The minimum atomic E-state index is -1.67. The van der Waals surface area contributed by atoms with Crippen LogP contribution in [0.15, 0.2) is 27.4 Å². The van der Waals surface area contributed by atoms with E-state index in [0.717, 1.165) is 0 Å². The first-order chi connectivity index (χ1) is 9.42. The number of fused-ring (bicyclic) bond motifs is 1. The van der Waals surface area contributed by atoms with E-state index in [1.807, 2.05) is 0 Å². The Kier molecular flexibility index (Phi) is 3.62. The van der Waals surface area contributed by atoms with Crippen molar-refractivity contribution < 1.29 is 29.3 Å². The van der Waals surface area contributed by atoms with Crippen molar-refractivity contribution in [2.75, 3.05) is 7.11 Å². The molecule has 2 rings (SSSR count). The van der Waals surface area contributed by atoms with E-state index in [9.17, 15) is 19.8 Å². The molecule has 106 valence electrons. The summed E-state index contributed by atoms with van der Waals surface area (Å²) in [6.07, 6.45) is -2.02. The molecule has 0 spiro atoms. The summed E-state index contributed by atoms with van der Waals surface area (Å²) in [5.41, 5.74) is -0.810. The van der Waals surface area contributed by atoms with Crippen LogP contribution >= 0.6 is 0 Å². The molecule has 1 aromatic carbocycles. The van der Waals surface area contributed by atoms with Crippen LogP contribution in [0.1, 0.15) is 5.76 Å². The fraction of sp³-hybridized carbons (Fsp3) is 0.231. The van der Waals surface area contributed by atoms with E-state index in [1.165, 1.54) is 25.3 Å². The highest BCUT2D eigenvalue weighted by Crippen LogP contribution is 2.28. The number of methoxy groups -OCH3 is 1. The number of benzene rings is 1. The van der Waals surface area contributed by atoms with E-state index >= 15 is 0 Å². The summed E-state index contributed by atoms with van der Waals surface area (Å²) in [6, 6.07) is 4.15. The number of hydrogen-bond acceptors (Lipinski definition) is 6. The van der Waals surface area contributed by atoms with Gasteiger partial charge in [0.25, 0.3) is 0 Å². The number of carboxylic acids is 1. The number of phenolic OH excluding ortho intramolecular Hbond substituents is 1. The number of aliphatic carboxylic acids is 1. The van der Waals surface area contributed by atoms with Crippen molar-refractivity contribution >= 4 is 16.7 Å². The highest BCUT2D eigenvalue weighted by molar-refractivity contribution is 5.88. The summed E-state index contributed by atoms with van der Waals surface area (Å²) in [6.45, 7) is 0. The zero-order chi connectivity index (χ0) is 14.9. The van der Waals surface area contributed by atoms with E-state index in [0.29, 0.717) is 11.1 Å². The Morgan fingerprint density at radius 1 is 1.40 bits per heavy atom. The summed E-state index contributed by atoms with van der Waals surface area (Å²) in [5, 5.41) is 27.9. The van der Waals surface area contributed by atoms with Gasteiger partial charge in [0.05, 0.1) is 7.11 Å². The molecule has 1 aromatic heterocycles. The monoisotopic (exact) mass is 280 g/mol. The van der Waals surface area contributed by atoms with Crippen LogP contribution in [0, 0.1) is 0 Å². The first-order valence-electron chi connectivity index (χ1n) is 5.67. The summed E-state index contributed by atoms with van der Waals surface area (Å²) in [5.74, 6) is -1.37. The standard InChI is InChI=1S/C13H12O7/c1-19-7-2-6-3-8(5-10(15)12(16)17)20-13(18)11(6)9(14)4-7/h2-4,10,14-15H,5H2,1H3,(H,16,17). The van der Waals surface area contributed by atoms with Crippen molar-refractivity contribution in [3.05, 3.63) is 34.4 Å². The first kappa shape index (κ1) is 13.9. The molecule has 7 nitrogen and oxygen atoms in total. The van der Waals surface area contributed by atoms with Crippen LogP contribution in [-0.4, -0.2) is 34.5 Å². The van der Waals surface area contributed by atoms with Gasteiger partial charge in [-0.25, -0.2) is 9.59 Å². The Labute approximate surface area is 112 Å². The van der Waals surface area contributed by atoms with Crippen molar-refractivity contribution in [1.82, 2.24) is 0 Å². The van der Waals surface area contributed by atoms with Gasteiger partial charge in [-0.1, -0.05) is 0 Å². The number of carbonyl (C=O) groups is 1. The van der Waals surface area contributed by atoms with E-state index in [1.54, 1.807) is 0 Å². The molecule has 0 fully saturated rings. The van der Waals surface area contributed by atoms with Crippen LogP contribution in [0.5, 0.6) is 11.5 Å². The lowest BCUT2D eigenvalue weighted by Crippen LogP contribution is -2.22. The lowest BCUT2D eigenvalue weighted by atomic mass is 10.1. The topological polar surface area (TPSA) is 117 Å². The number of aliphatic hydroxyl groups excluding tert-OH is 1. The third-order valence-corrected chi connectivity index (χ3v) is 2.78. The van der Waals surface area contributed by atoms with Gasteiger partial charge in [-0.15, -0.1) is 0 Å². The van der Waals surface area contributed by atoms with E-state index in [4.69, 9.17) is 14.3 Å². The third-order valence-electron chi connectivity index (χ3n) is 2.78. The summed E-state index contributed by atoms with van der Waals surface area (Å²) in [4.78, 5) is 22.4. The SMILES string of the molecule is COc1cc(O)c2c(=O)oc(CC(O)C(=O)O)cc2c1. The first-order valence-corrected chi connectivity index (χ1v) is 5.67. The van der Waals surface area contributed by atoms with Crippen LogP contribution in [0.2, 0.25) is 0 Å². The van der Waals surface area contributed by atoms with Crippen molar-refractivity contribution in [2.24, 2.45) is 0 Å². The average molecular weight is 280 g/mol. The van der Waals surface area contributed by atoms with Gasteiger partial charge in [0.2, 0.25) is 0 Å². The van der Waals surface area contributed by atoms with Crippen LogP contribution in [0.3, 0.4) is 0 Å². The zero-order valence-corrected chi connectivity index (χ0v) is 10.5. The maximum absolute atomic E-state index is 11.8. The van der Waals surface area contributed by atoms with Gasteiger partial charge < -0.3 is 24.5 Å². The Hall–Kier alpha value is -2.54. The lowest BCUT2D eigenvalue weighted by molar-refractivity contribution is -0.146. The highest BCUT2D eigenvalue weighted by Gasteiger charge is 2.17. The van der Waals surface area contributed by atoms with Crippen LogP contribution in [0.4, 0.5) is 0 Å².